The monoisotopic (exact) mass is 707 g/mol. The number of methoxy groups -OCH3 is 1. The fourth-order valence-corrected chi connectivity index (χ4v) is 7.77. The number of aromatic nitrogens is 2. The number of aliphatic imine (C=N–C) groups is 1. The molecular weight excluding hydrogens is 681 g/mol. The number of hydrogen-bond acceptors (Lipinski definition) is 11. The van der Waals surface area contributed by atoms with Crippen molar-refractivity contribution >= 4 is 63.2 Å². The third-order valence-corrected chi connectivity index (χ3v) is 10.4. The minimum Gasteiger partial charge on any atom is -0.478 e. The molecule has 246 valence electrons. The fourth-order valence-electron chi connectivity index (χ4n) is 6.07. The lowest BCUT2D eigenvalue weighted by molar-refractivity contribution is -0.136. The number of amidine groups is 1. The van der Waals surface area contributed by atoms with Crippen molar-refractivity contribution in [3.63, 3.8) is 0 Å². The lowest BCUT2D eigenvalue weighted by Gasteiger charge is -2.38. The Bertz CT molecular complexity index is 1970. The first-order chi connectivity index (χ1) is 23.2. The van der Waals surface area contributed by atoms with Crippen LogP contribution in [0.1, 0.15) is 27.0 Å². The summed E-state index contributed by atoms with van der Waals surface area (Å²) in [4.78, 5) is 57.6. The standard InChI is InChI=1S/C32H27ClFN7O5S2/c1-46-30(44)25-23(36-27(28-35-8-11-47-28)38-26(25)21-7-6-19(34)12-22(21)33)15-39-9-10-40-20(13-39)14-41(32(40)45)31-37-24(16-48-31)17-2-4-18(5-3-17)29(42)43/h2-8,11-12,16,20,26H,9-10,13-15H2,1H3,(H,36,38)(H,42,43). The lowest BCUT2D eigenvalue weighted by atomic mass is 9.95. The summed E-state index contributed by atoms with van der Waals surface area (Å²) in [5.41, 5.74) is 2.86. The molecule has 0 saturated carbocycles. The normalized spacial score (nSPS) is 19.6. The number of aromatic carboxylic acids is 1. The van der Waals surface area contributed by atoms with Gasteiger partial charge in [-0.05, 0) is 24.3 Å². The van der Waals surface area contributed by atoms with Crippen LogP contribution in [-0.4, -0.2) is 94.6 Å². The van der Waals surface area contributed by atoms with E-state index in [-0.39, 0.29) is 28.2 Å². The van der Waals surface area contributed by atoms with Crippen molar-refractivity contribution in [3.8, 4) is 11.3 Å². The number of esters is 1. The molecule has 3 aliphatic heterocycles. The van der Waals surface area contributed by atoms with Crippen LogP contribution < -0.4 is 10.2 Å². The number of carboxylic acid groups (broad SMARTS) is 1. The Morgan fingerprint density at radius 3 is 2.67 bits per heavy atom. The van der Waals surface area contributed by atoms with Gasteiger partial charge in [-0.25, -0.2) is 28.7 Å². The van der Waals surface area contributed by atoms with Gasteiger partial charge in [-0.3, -0.25) is 14.8 Å². The average Bonchev–Trinajstić information content (AvgIpc) is 3.85. The van der Waals surface area contributed by atoms with Crippen LogP contribution in [0.5, 0.6) is 0 Å². The second kappa shape index (κ2) is 13.1. The Kier molecular flexibility index (Phi) is 8.68. The molecule has 16 heteroatoms. The Morgan fingerprint density at radius 1 is 1.15 bits per heavy atom. The van der Waals surface area contributed by atoms with Crippen molar-refractivity contribution in [2.45, 2.75) is 12.1 Å². The molecule has 5 heterocycles. The molecule has 2 saturated heterocycles. The Morgan fingerprint density at radius 2 is 1.96 bits per heavy atom. The van der Waals surface area contributed by atoms with E-state index >= 15 is 0 Å². The van der Waals surface area contributed by atoms with Crippen LogP contribution in [0.4, 0.5) is 14.3 Å². The molecule has 0 radical (unpaired) electrons. The van der Waals surface area contributed by atoms with Gasteiger partial charge in [0.05, 0.1) is 36.5 Å². The number of anilines is 1. The van der Waals surface area contributed by atoms with E-state index in [2.05, 4.69) is 15.2 Å². The molecule has 0 spiro atoms. The molecule has 2 aromatic heterocycles. The number of fused-ring (bicyclic) bond motifs is 1. The number of hydrogen-bond donors (Lipinski definition) is 2. The molecule has 4 aromatic rings. The van der Waals surface area contributed by atoms with Crippen LogP contribution in [-0.2, 0) is 9.53 Å². The lowest BCUT2D eigenvalue weighted by Crippen LogP contribution is -2.53. The molecule has 0 bridgehead atoms. The number of carbonyl (C=O) groups is 3. The van der Waals surface area contributed by atoms with E-state index in [9.17, 15) is 23.9 Å². The minimum atomic E-state index is -1.00. The van der Waals surface area contributed by atoms with E-state index in [0.717, 1.165) is 5.56 Å². The number of carbonyl (C=O) groups excluding carboxylic acids is 2. The largest absolute Gasteiger partial charge is 0.478 e. The predicted molar refractivity (Wildman–Crippen MR) is 179 cm³/mol. The van der Waals surface area contributed by atoms with E-state index in [4.69, 9.17) is 26.3 Å². The molecule has 12 nitrogen and oxygen atoms in total. The molecule has 2 atom stereocenters. The molecule has 2 aromatic carbocycles. The van der Waals surface area contributed by atoms with Gasteiger partial charge in [0.15, 0.2) is 16.0 Å². The number of carboxylic acids is 1. The molecule has 2 fully saturated rings. The maximum absolute atomic E-state index is 14.0. The van der Waals surface area contributed by atoms with Crippen LogP contribution in [0.3, 0.4) is 0 Å². The highest BCUT2D eigenvalue weighted by molar-refractivity contribution is 7.14. The molecule has 3 aliphatic rings. The number of nitrogens with one attached hydrogen (secondary N) is 1. The molecular formula is C32H27ClFN7O5S2. The first kappa shape index (κ1) is 31.9. The zero-order valence-electron chi connectivity index (χ0n) is 25.3. The van der Waals surface area contributed by atoms with E-state index in [1.165, 1.54) is 60.1 Å². The third-order valence-electron chi connectivity index (χ3n) is 8.39. The van der Waals surface area contributed by atoms with Gasteiger partial charge >= 0.3 is 18.0 Å². The Balaban J connectivity index is 1.13. The fraction of sp³-hybridized carbons (Fsp3) is 0.250. The van der Waals surface area contributed by atoms with Gasteiger partial charge in [0.2, 0.25) is 0 Å². The van der Waals surface area contributed by atoms with Crippen molar-refractivity contribution < 1.29 is 28.6 Å². The minimum absolute atomic E-state index is 0.128. The number of benzene rings is 2. The van der Waals surface area contributed by atoms with Crippen molar-refractivity contribution in [1.29, 1.82) is 0 Å². The van der Waals surface area contributed by atoms with Gasteiger partial charge in [0, 0.05) is 65.0 Å². The summed E-state index contributed by atoms with van der Waals surface area (Å²) in [6, 6.07) is 9.30. The zero-order chi connectivity index (χ0) is 33.5. The molecule has 48 heavy (non-hydrogen) atoms. The Labute approximate surface area is 286 Å². The van der Waals surface area contributed by atoms with Gasteiger partial charge in [0.25, 0.3) is 0 Å². The van der Waals surface area contributed by atoms with E-state index < -0.39 is 23.8 Å². The van der Waals surface area contributed by atoms with Crippen molar-refractivity contribution in [1.82, 2.24) is 25.1 Å². The predicted octanol–water partition coefficient (Wildman–Crippen LogP) is 4.90. The summed E-state index contributed by atoms with van der Waals surface area (Å²) in [5.74, 6) is -1.65. The Hall–Kier alpha value is -4.70. The first-order valence-corrected chi connectivity index (χ1v) is 16.9. The molecule has 2 amide bonds. The average molecular weight is 708 g/mol. The third kappa shape index (κ3) is 6.05. The topological polar surface area (TPSA) is 141 Å². The number of nitrogens with zero attached hydrogens (tertiary/aromatic N) is 6. The van der Waals surface area contributed by atoms with Gasteiger partial charge in [-0.1, -0.05) is 29.8 Å². The summed E-state index contributed by atoms with van der Waals surface area (Å²) in [6.07, 6.45) is 1.66. The summed E-state index contributed by atoms with van der Waals surface area (Å²) in [6.45, 7) is 2.28. The summed E-state index contributed by atoms with van der Waals surface area (Å²) >= 11 is 9.22. The van der Waals surface area contributed by atoms with Crippen molar-refractivity contribution in [3.05, 3.63) is 97.7 Å². The number of ether oxygens (including phenoxy) is 1. The smallest absolute Gasteiger partial charge is 0.338 e. The zero-order valence-corrected chi connectivity index (χ0v) is 27.7. The van der Waals surface area contributed by atoms with Crippen LogP contribution in [0.2, 0.25) is 5.02 Å². The number of thiazole rings is 2. The number of urea groups is 1. The molecule has 7 rings (SSSR count). The van der Waals surface area contributed by atoms with Crippen LogP contribution in [0, 0.1) is 5.82 Å². The number of piperazine rings is 1. The van der Waals surface area contributed by atoms with Crippen molar-refractivity contribution in [2.24, 2.45) is 4.99 Å². The highest BCUT2D eigenvalue weighted by atomic mass is 35.5. The highest BCUT2D eigenvalue weighted by Gasteiger charge is 2.43. The second-order valence-corrected chi connectivity index (χ2v) is 13.4. The first-order valence-electron chi connectivity index (χ1n) is 14.8. The quantitative estimate of drug-likeness (QED) is 0.245. The molecule has 2 unspecified atom stereocenters. The van der Waals surface area contributed by atoms with Gasteiger partial charge in [-0.15, -0.1) is 22.7 Å². The van der Waals surface area contributed by atoms with Gasteiger partial charge in [-0.2, -0.15) is 0 Å². The van der Waals surface area contributed by atoms with E-state index in [1.54, 1.807) is 23.2 Å². The number of rotatable bonds is 8. The highest BCUT2D eigenvalue weighted by Crippen LogP contribution is 2.37. The summed E-state index contributed by atoms with van der Waals surface area (Å²) in [7, 11) is 1.29. The van der Waals surface area contributed by atoms with Crippen molar-refractivity contribution in [2.75, 3.05) is 44.7 Å². The maximum atomic E-state index is 14.0. The van der Waals surface area contributed by atoms with E-state index in [0.29, 0.717) is 65.7 Å². The SMILES string of the molecule is COC(=O)C1=C(CN2CCN3C(=O)N(c4nc(-c5ccc(C(=O)O)cc5)cs4)CC3C2)NC(c2nccs2)=NC1c1ccc(F)cc1Cl. The van der Waals surface area contributed by atoms with Crippen LogP contribution in [0.15, 0.2) is 75.7 Å². The molecule has 0 aliphatic carbocycles. The van der Waals surface area contributed by atoms with Gasteiger partial charge in [0.1, 0.15) is 11.9 Å². The maximum Gasteiger partial charge on any atom is 0.338 e. The second-order valence-electron chi connectivity index (χ2n) is 11.3. The number of amides is 2. The summed E-state index contributed by atoms with van der Waals surface area (Å²) in [5, 5.41) is 17.5. The van der Waals surface area contributed by atoms with Gasteiger partial charge < -0.3 is 20.1 Å². The van der Waals surface area contributed by atoms with Crippen LogP contribution >= 0.6 is 34.3 Å². The number of halogens is 2. The van der Waals surface area contributed by atoms with E-state index in [1.807, 2.05) is 15.7 Å². The van der Waals surface area contributed by atoms with Crippen LogP contribution in [0.25, 0.3) is 11.3 Å². The molecule has 2 N–H and O–H groups in total. The summed E-state index contributed by atoms with van der Waals surface area (Å²) < 4.78 is 19.2.